The fourth-order valence-electron chi connectivity index (χ4n) is 4.71. The van der Waals surface area contributed by atoms with E-state index in [1.807, 2.05) is 11.0 Å². The van der Waals surface area contributed by atoms with Crippen molar-refractivity contribution in [1.29, 1.82) is 0 Å². The molecule has 0 radical (unpaired) electrons. The van der Waals surface area contributed by atoms with E-state index in [1.165, 1.54) is 18.4 Å². The van der Waals surface area contributed by atoms with Gasteiger partial charge >= 0.3 is 6.03 Å². The lowest BCUT2D eigenvalue weighted by atomic mass is 9.97. The second-order valence-electron chi connectivity index (χ2n) is 6.86. The van der Waals surface area contributed by atoms with Gasteiger partial charge in [-0.3, -0.25) is 9.80 Å². The zero-order valence-corrected chi connectivity index (χ0v) is 13.3. The predicted octanol–water partition coefficient (Wildman–Crippen LogP) is 2.77. The summed E-state index contributed by atoms with van der Waals surface area (Å²) in [7, 11) is 0. The molecule has 0 saturated carbocycles. The van der Waals surface area contributed by atoms with Gasteiger partial charge < -0.3 is 5.32 Å². The summed E-state index contributed by atoms with van der Waals surface area (Å²) in [6, 6.07) is 10.1. The van der Waals surface area contributed by atoms with Crippen molar-refractivity contribution in [3.63, 3.8) is 0 Å². The van der Waals surface area contributed by atoms with Crippen LogP contribution in [0.4, 0.5) is 10.5 Å². The molecule has 3 heterocycles. The van der Waals surface area contributed by atoms with E-state index in [1.54, 1.807) is 0 Å². The molecule has 22 heavy (non-hydrogen) atoms. The van der Waals surface area contributed by atoms with E-state index in [0.717, 1.165) is 38.0 Å². The summed E-state index contributed by atoms with van der Waals surface area (Å²) in [4.78, 5) is 17.2. The molecule has 3 aliphatic heterocycles. The molecular weight excluding hydrogens is 274 g/mol. The minimum atomic E-state index is 0.0966. The number of benzene rings is 1. The SMILES string of the molecule is CCN1C2CCC1CC(NC(=O)N1CCc3ccccc31)C2. The van der Waals surface area contributed by atoms with Crippen molar-refractivity contribution in [2.24, 2.45) is 0 Å². The number of para-hydroxylation sites is 1. The number of amides is 2. The first kappa shape index (κ1) is 14.1. The van der Waals surface area contributed by atoms with Gasteiger partial charge in [-0.25, -0.2) is 4.79 Å². The van der Waals surface area contributed by atoms with Gasteiger partial charge in [0.15, 0.2) is 0 Å². The Labute approximate surface area is 132 Å². The molecule has 0 aromatic heterocycles. The second-order valence-corrected chi connectivity index (χ2v) is 6.86. The van der Waals surface area contributed by atoms with Gasteiger partial charge in [-0.2, -0.15) is 0 Å². The molecule has 2 fully saturated rings. The number of nitrogens with zero attached hydrogens (tertiary/aromatic N) is 2. The third kappa shape index (κ3) is 2.30. The van der Waals surface area contributed by atoms with E-state index in [9.17, 15) is 4.79 Å². The summed E-state index contributed by atoms with van der Waals surface area (Å²) in [5.74, 6) is 0. The fraction of sp³-hybridized carbons (Fsp3) is 0.611. The van der Waals surface area contributed by atoms with Gasteiger partial charge in [0.25, 0.3) is 0 Å². The van der Waals surface area contributed by atoms with E-state index in [0.29, 0.717) is 18.1 Å². The molecule has 0 spiro atoms. The highest BCUT2D eigenvalue weighted by Gasteiger charge is 2.40. The number of anilines is 1. The summed E-state index contributed by atoms with van der Waals surface area (Å²) in [6.07, 6.45) is 5.81. The zero-order valence-electron chi connectivity index (χ0n) is 13.3. The molecular formula is C18H25N3O. The molecule has 2 bridgehead atoms. The Morgan fingerprint density at radius 1 is 1.23 bits per heavy atom. The van der Waals surface area contributed by atoms with Gasteiger partial charge in [-0.15, -0.1) is 0 Å². The zero-order chi connectivity index (χ0) is 15.1. The smallest absolute Gasteiger partial charge is 0.322 e. The lowest BCUT2D eigenvalue weighted by Crippen LogP contribution is -2.52. The van der Waals surface area contributed by atoms with Gasteiger partial charge in [0.1, 0.15) is 0 Å². The van der Waals surface area contributed by atoms with Crippen LogP contribution >= 0.6 is 0 Å². The van der Waals surface area contributed by atoms with Crippen LogP contribution in [0, 0.1) is 0 Å². The largest absolute Gasteiger partial charge is 0.335 e. The highest BCUT2D eigenvalue weighted by molar-refractivity contribution is 5.94. The number of hydrogen-bond acceptors (Lipinski definition) is 2. The van der Waals surface area contributed by atoms with Crippen molar-refractivity contribution >= 4 is 11.7 Å². The van der Waals surface area contributed by atoms with Crippen LogP contribution in [-0.4, -0.2) is 42.1 Å². The average Bonchev–Trinajstić information content (AvgIpc) is 3.06. The first-order chi connectivity index (χ1) is 10.8. The number of hydrogen-bond donors (Lipinski definition) is 1. The molecule has 1 N–H and O–H groups in total. The number of fused-ring (bicyclic) bond motifs is 3. The number of carbonyl (C=O) groups is 1. The van der Waals surface area contributed by atoms with Crippen molar-refractivity contribution in [3.8, 4) is 0 Å². The summed E-state index contributed by atoms with van der Waals surface area (Å²) in [5.41, 5.74) is 2.38. The van der Waals surface area contributed by atoms with Gasteiger partial charge in [-0.05, 0) is 50.3 Å². The molecule has 1 aromatic rings. The van der Waals surface area contributed by atoms with Gasteiger partial charge in [0.2, 0.25) is 0 Å². The lowest BCUT2D eigenvalue weighted by Gasteiger charge is -2.39. The van der Waals surface area contributed by atoms with E-state index in [4.69, 9.17) is 0 Å². The maximum atomic E-state index is 12.7. The molecule has 3 aliphatic rings. The molecule has 0 aliphatic carbocycles. The van der Waals surface area contributed by atoms with Gasteiger partial charge in [-0.1, -0.05) is 25.1 Å². The first-order valence-corrected chi connectivity index (χ1v) is 8.68. The molecule has 118 valence electrons. The second kappa shape index (κ2) is 5.58. The Kier molecular flexibility index (Phi) is 3.57. The normalized spacial score (nSPS) is 30.4. The number of piperidine rings is 1. The van der Waals surface area contributed by atoms with Crippen LogP contribution in [0.3, 0.4) is 0 Å². The van der Waals surface area contributed by atoms with Gasteiger partial charge in [0.05, 0.1) is 0 Å². The Morgan fingerprint density at radius 3 is 2.68 bits per heavy atom. The van der Waals surface area contributed by atoms with Crippen LogP contribution in [0.25, 0.3) is 0 Å². The van der Waals surface area contributed by atoms with Crippen molar-refractivity contribution in [3.05, 3.63) is 29.8 Å². The Morgan fingerprint density at radius 2 is 1.95 bits per heavy atom. The minimum absolute atomic E-state index is 0.0966. The summed E-state index contributed by atoms with van der Waals surface area (Å²) < 4.78 is 0. The summed E-state index contributed by atoms with van der Waals surface area (Å²) in [5, 5.41) is 3.31. The lowest BCUT2D eigenvalue weighted by molar-refractivity contribution is 0.126. The molecule has 2 amide bonds. The van der Waals surface area contributed by atoms with Crippen LogP contribution < -0.4 is 10.2 Å². The predicted molar refractivity (Wildman–Crippen MR) is 88.2 cm³/mol. The van der Waals surface area contributed by atoms with E-state index < -0.39 is 0 Å². The summed E-state index contributed by atoms with van der Waals surface area (Å²) in [6.45, 7) is 4.22. The molecule has 4 nitrogen and oxygen atoms in total. The van der Waals surface area contributed by atoms with Crippen molar-refractivity contribution in [2.45, 2.75) is 57.2 Å². The molecule has 2 unspecified atom stereocenters. The van der Waals surface area contributed by atoms with Crippen LogP contribution in [0.5, 0.6) is 0 Å². The van der Waals surface area contributed by atoms with E-state index in [-0.39, 0.29) is 6.03 Å². The monoisotopic (exact) mass is 299 g/mol. The topological polar surface area (TPSA) is 35.6 Å². The number of urea groups is 1. The third-order valence-electron chi connectivity index (χ3n) is 5.71. The number of rotatable bonds is 2. The Bertz CT molecular complexity index is 559. The van der Waals surface area contributed by atoms with Crippen molar-refractivity contribution in [1.82, 2.24) is 10.2 Å². The molecule has 1 aromatic carbocycles. The fourth-order valence-corrected chi connectivity index (χ4v) is 4.71. The number of carbonyl (C=O) groups excluding carboxylic acids is 1. The van der Waals surface area contributed by atoms with Crippen molar-refractivity contribution in [2.75, 3.05) is 18.0 Å². The standard InChI is InChI=1S/C18H25N3O/c1-2-20-15-7-8-16(20)12-14(11-15)19-18(22)21-10-9-13-5-3-4-6-17(13)21/h3-6,14-16H,2,7-12H2,1H3,(H,19,22). The Hall–Kier alpha value is -1.55. The van der Waals surface area contributed by atoms with E-state index >= 15 is 0 Å². The van der Waals surface area contributed by atoms with Gasteiger partial charge in [0, 0.05) is 30.4 Å². The van der Waals surface area contributed by atoms with Crippen LogP contribution in [0.2, 0.25) is 0 Å². The van der Waals surface area contributed by atoms with Crippen LogP contribution in [-0.2, 0) is 6.42 Å². The molecule has 4 heteroatoms. The molecule has 2 atom stereocenters. The average molecular weight is 299 g/mol. The highest BCUT2D eigenvalue weighted by atomic mass is 16.2. The highest BCUT2D eigenvalue weighted by Crippen LogP contribution is 2.35. The number of nitrogens with one attached hydrogen (secondary N) is 1. The minimum Gasteiger partial charge on any atom is -0.335 e. The van der Waals surface area contributed by atoms with Crippen LogP contribution in [0.1, 0.15) is 38.2 Å². The Balaban J connectivity index is 1.42. The maximum Gasteiger partial charge on any atom is 0.322 e. The van der Waals surface area contributed by atoms with Crippen molar-refractivity contribution < 1.29 is 4.79 Å². The quantitative estimate of drug-likeness (QED) is 0.911. The maximum absolute atomic E-state index is 12.7. The molecule has 2 saturated heterocycles. The van der Waals surface area contributed by atoms with E-state index in [2.05, 4.69) is 35.3 Å². The molecule has 4 rings (SSSR count). The van der Waals surface area contributed by atoms with Crippen LogP contribution in [0.15, 0.2) is 24.3 Å². The summed E-state index contributed by atoms with van der Waals surface area (Å²) >= 11 is 0. The third-order valence-corrected chi connectivity index (χ3v) is 5.71. The first-order valence-electron chi connectivity index (χ1n) is 8.68.